The first-order valence-electron chi connectivity index (χ1n) is 44.7. The minimum absolute atomic E-state index is 0.00534. The van der Waals surface area contributed by atoms with Crippen LogP contribution >= 0.6 is 0 Å². The molecule has 134 heavy (non-hydrogen) atoms. The fourth-order valence-electron chi connectivity index (χ4n) is 15.0. The van der Waals surface area contributed by atoms with E-state index in [0.29, 0.717) is 60.5 Å². The summed E-state index contributed by atoms with van der Waals surface area (Å²) >= 11 is 0. The molecule has 0 aliphatic rings. The van der Waals surface area contributed by atoms with E-state index in [0.717, 1.165) is 0 Å². The van der Waals surface area contributed by atoms with E-state index in [1.165, 1.54) is 13.8 Å². The Labute approximate surface area is 775 Å². The molecular formula is C92H129N29O13. The minimum atomic E-state index is -1.58. The summed E-state index contributed by atoms with van der Waals surface area (Å²) in [4.78, 5) is 200. The van der Waals surface area contributed by atoms with Crippen LogP contribution in [0.5, 0.6) is 0 Å². The molecule has 8 rings (SSSR count). The number of para-hydroxylation sites is 3. The van der Waals surface area contributed by atoms with Crippen LogP contribution in [-0.4, -0.2) is 220 Å². The van der Waals surface area contributed by atoms with Crippen LogP contribution in [0.25, 0.3) is 32.7 Å². The summed E-state index contributed by atoms with van der Waals surface area (Å²) in [7, 11) is 0. The van der Waals surface area contributed by atoms with Crippen LogP contribution in [0.4, 0.5) is 0 Å². The number of hydrogen-bond donors (Lipinski definition) is 29. The van der Waals surface area contributed by atoms with Crippen molar-refractivity contribution in [3.8, 4) is 0 Å². The van der Waals surface area contributed by atoms with Gasteiger partial charge in [-0.2, -0.15) is 0 Å². The molecule has 0 spiro atoms. The lowest BCUT2D eigenvalue weighted by Gasteiger charge is -2.28. The zero-order valence-electron chi connectivity index (χ0n) is 76.1. The number of aromatic amines is 3. The standard InChI is InChI=1S/C92H129N29O13/c1-50(2)41-69(84(130)114-66(34-20-38-104-90(97)98)79(125)112-65(76(94)122)33-19-37-103-89(95)96)118-85(131)71(43-55-25-11-8-12-26-55)116-77(123)52(5)111-83(129)72(44-56-47-107-62-30-16-13-27-59(56)62)120-87(133)74(46-58-49-109-64-32-18-15-29-61(58)64)121-86(132)73(45-57-48-108-63-31-17-14-28-60(57)63)117-78(124)53(6)110-82(128)70(42-54-23-9-7-10-24-54)119-81(127)67(35-21-39-105-91(99)100)113-80(126)68(36-22-40-106-92(101)102)115-88(134)75(93)51(3)4/h7-18,23-32,47-53,65-75,107-109H,19-22,33-46,93H2,1-6H3,(H2,94,122)(H,110,128)(H,111,129)(H,112,125)(H,113,126)(H,114,130)(H,115,134)(H,116,123)(H,117,124)(H,118,131)(H,119,127)(H,120,133)(H,121,132)(H4,95,96,103)(H4,97,98,104)(H4,99,100,105)(H4,101,102,106)/t52-,53-,65-,66-,67-,68-,69-,70-,71-,72-,73-,74-,75-/m0/s1. The van der Waals surface area contributed by atoms with Gasteiger partial charge in [0.25, 0.3) is 0 Å². The number of guanidine groups is 4. The molecule has 0 unspecified atom stereocenters. The summed E-state index contributed by atoms with van der Waals surface area (Å²) in [5.74, 6) is -12.9. The Morgan fingerprint density at radius 3 is 0.843 bits per heavy atom. The summed E-state index contributed by atoms with van der Waals surface area (Å²) in [6.45, 7) is 10.3. The second-order valence-electron chi connectivity index (χ2n) is 33.9. The Morgan fingerprint density at radius 2 is 0.537 bits per heavy atom. The number of carbonyl (C=O) groups is 13. The highest BCUT2D eigenvalue weighted by molar-refractivity contribution is 6.01. The van der Waals surface area contributed by atoms with Gasteiger partial charge < -0.3 is 134 Å². The van der Waals surface area contributed by atoms with Crippen molar-refractivity contribution in [1.82, 2.24) is 100 Å². The van der Waals surface area contributed by atoms with E-state index in [1.54, 1.807) is 155 Å². The molecule has 42 nitrogen and oxygen atoms in total. The van der Waals surface area contributed by atoms with Crippen LogP contribution in [0, 0.1) is 33.5 Å². The zero-order chi connectivity index (χ0) is 97.7. The second kappa shape index (κ2) is 52.1. The lowest BCUT2D eigenvalue weighted by molar-refractivity contribution is -0.136. The maximum Gasteiger partial charge on any atom is 0.243 e. The zero-order valence-corrected chi connectivity index (χ0v) is 76.1. The number of primary amides is 1. The van der Waals surface area contributed by atoms with Crippen LogP contribution in [0.15, 0.2) is 152 Å². The first-order chi connectivity index (χ1) is 63.9. The molecule has 3 heterocycles. The first-order valence-corrected chi connectivity index (χ1v) is 44.7. The van der Waals surface area contributed by atoms with E-state index >= 15 is 19.2 Å². The van der Waals surface area contributed by atoms with E-state index in [-0.39, 0.29) is 152 Å². The molecule has 720 valence electrons. The summed E-state index contributed by atoms with van der Waals surface area (Å²) in [5, 5.41) is 76.2. The number of aromatic nitrogens is 3. The van der Waals surface area contributed by atoms with Crippen molar-refractivity contribution in [2.75, 3.05) is 26.2 Å². The SMILES string of the molecule is CC(C)C[C@H](NC(=O)[C@H](Cc1ccccc1)NC(=O)[C@H](C)NC(=O)[C@H](Cc1c[nH]c2ccccc12)NC(=O)[C@H](Cc1c[nH]c2ccccc12)NC(=O)[C@H](Cc1c[nH]c2ccccc12)NC(=O)[C@H](C)NC(=O)[C@H](Cc1ccccc1)NC(=O)[C@H](CCCNC(=N)N)NC(=O)[C@H](CCCNC(=N)N)NC(=O)[C@@H](N)C(C)C)C(=O)N[C@@H](CCCNC(=N)N)C(=O)N[C@@H](CCCNC(=N)N)C(N)=O. The molecule has 8 aromatic rings. The Morgan fingerprint density at radius 1 is 0.291 bits per heavy atom. The third-order valence-electron chi connectivity index (χ3n) is 22.4. The Kier molecular flexibility index (Phi) is 40.5. The van der Waals surface area contributed by atoms with Crippen LogP contribution in [-0.2, 0) is 94.4 Å². The number of H-pyrrole nitrogens is 3. The highest BCUT2D eigenvalue weighted by Gasteiger charge is 2.38. The van der Waals surface area contributed by atoms with Crippen molar-refractivity contribution in [3.63, 3.8) is 0 Å². The fraction of sp³-hybridized carbons (Fsp3) is 0.424. The van der Waals surface area contributed by atoms with E-state index < -0.39 is 155 Å². The predicted molar refractivity (Wildman–Crippen MR) is 509 cm³/mol. The molecule has 0 saturated carbocycles. The summed E-state index contributed by atoms with van der Waals surface area (Å²) in [6.07, 6.45) is 4.71. The van der Waals surface area contributed by atoms with Gasteiger partial charge >= 0.3 is 0 Å². The van der Waals surface area contributed by atoms with Gasteiger partial charge in [0.05, 0.1) is 6.04 Å². The van der Waals surface area contributed by atoms with Crippen molar-refractivity contribution < 1.29 is 62.3 Å². The molecule has 35 N–H and O–H groups in total. The van der Waals surface area contributed by atoms with E-state index in [9.17, 15) is 43.2 Å². The lowest BCUT2D eigenvalue weighted by atomic mass is 9.99. The first kappa shape index (κ1) is 104. The number of benzene rings is 5. The lowest BCUT2D eigenvalue weighted by Crippen LogP contribution is -2.61. The van der Waals surface area contributed by atoms with Gasteiger partial charge in [-0.05, 0) is 129 Å². The number of fused-ring (bicyclic) bond motifs is 3. The number of hydrogen-bond acceptors (Lipinski definition) is 18. The predicted octanol–water partition coefficient (Wildman–Crippen LogP) is -0.931. The van der Waals surface area contributed by atoms with E-state index in [4.69, 9.17) is 56.0 Å². The van der Waals surface area contributed by atoms with Crippen molar-refractivity contribution in [3.05, 3.63) is 180 Å². The second-order valence-corrected chi connectivity index (χ2v) is 33.9. The quantitative estimate of drug-likeness (QED) is 0.0124. The topological polar surface area (TPSA) is 713 Å². The molecule has 0 saturated heterocycles. The van der Waals surface area contributed by atoms with Gasteiger partial charge in [-0.1, -0.05) is 143 Å². The van der Waals surface area contributed by atoms with Crippen LogP contribution in [0.2, 0.25) is 0 Å². The summed E-state index contributed by atoms with van der Waals surface area (Å²) < 4.78 is 0. The van der Waals surface area contributed by atoms with E-state index in [2.05, 4.69) is 100 Å². The maximum absolute atomic E-state index is 15.8. The number of nitrogens with two attached hydrogens (primary N) is 6. The highest BCUT2D eigenvalue weighted by Crippen LogP contribution is 2.25. The van der Waals surface area contributed by atoms with Gasteiger partial charge in [0.1, 0.15) is 72.5 Å². The normalized spacial score (nSPS) is 14.1. The molecule has 13 atom stereocenters. The molecule has 0 aliphatic heterocycles. The van der Waals surface area contributed by atoms with Gasteiger partial charge in [-0.25, -0.2) is 0 Å². The largest absolute Gasteiger partial charge is 0.370 e. The average Bonchev–Trinajstić information content (AvgIpc) is 1.66. The van der Waals surface area contributed by atoms with Gasteiger partial charge in [0.15, 0.2) is 23.8 Å². The number of rotatable bonds is 54. The molecule has 3 aromatic heterocycles. The van der Waals surface area contributed by atoms with Gasteiger partial charge in [0, 0.05) is 110 Å². The van der Waals surface area contributed by atoms with Gasteiger partial charge in [0.2, 0.25) is 76.8 Å². The molecule has 0 aliphatic carbocycles. The van der Waals surface area contributed by atoms with Crippen LogP contribution in [0.3, 0.4) is 0 Å². The average molecular weight is 1850 g/mol. The summed E-state index contributed by atoms with van der Waals surface area (Å²) in [5.41, 5.74) is 38.8. The number of carbonyl (C=O) groups excluding carboxylic acids is 13. The van der Waals surface area contributed by atoms with Crippen LogP contribution < -0.4 is 119 Å². The smallest absolute Gasteiger partial charge is 0.243 e. The minimum Gasteiger partial charge on any atom is -0.370 e. The molecule has 0 fully saturated rings. The van der Waals surface area contributed by atoms with Gasteiger partial charge in [-0.15, -0.1) is 0 Å². The Bertz CT molecular complexity index is 5390. The molecule has 5 aromatic carbocycles. The van der Waals surface area contributed by atoms with Crippen molar-refractivity contribution in [1.29, 1.82) is 21.6 Å². The molecule has 13 amide bonds. The maximum atomic E-state index is 15.8. The van der Waals surface area contributed by atoms with Crippen LogP contribution in [0.1, 0.15) is 127 Å². The fourth-order valence-corrected chi connectivity index (χ4v) is 15.0. The van der Waals surface area contributed by atoms with E-state index in [1.807, 2.05) is 24.3 Å². The molecular weight excluding hydrogens is 1720 g/mol. The molecule has 42 heteroatoms. The Balaban J connectivity index is 1.07. The monoisotopic (exact) mass is 1850 g/mol. The third kappa shape index (κ3) is 33.4. The highest BCUT2D eigenvalue weighted by atomic mass is 16.2. The van der Waals surface area contributed by atoms with Gasteiger partial charge in [-0.3, -0.25) is 84.0 Å². The number of nitrogens with one attached hydrogen (secondary N) is 23. The number of amides is 13. The van der Waals surface area contributed by atoms with Crippen molar-refractivity contribution in [2.45, 2.75) is 210 Å². The van der Waals surface area contributed by atoms with Crippen molar-refractivity contribution >= 4 is 133 Å². The summed E-state index contributed by atoms with van der Waals surface area (Å²) in [6, 6.07) is 20.7. The van der Waals surface area contributed by atoms with Crippen molar-refractivity contribution in [2.24, 2.45) is 46.2 Å². The third-order valence-corrected chi connectivity index (χ3v) is 22.4. The molecule has 0 bridgehead atoms. The Hall–Kier alpha value is -15.1. The molecule has 0 radical (unpaired) electrons.